The molecule has 2 amide bonds. The van der Waals surface area contributed by atoms with Crippen molar-refractivity contribution in [1.82, 2.24) is 5.06 Å². The predicted molar refractivity (Wildman–Crippen MR) is 82.4 cm³/mol. The molecule has 0 unspecified atom stereocenters. The molecule has 2 aromatic carbocycles. The van der Waals surface area contributed by atoms with Crippen molar-refractivity contribution >= 4 is 27.7 Å². The summed E-state index contributed by atoms with van der Waals surface area (Å²) < 4.78 is 6.10. The third-order valence-corrected chi connectivity index (χ3v) is 3.84. The lowest BCUT2D eigenvalue weighted by atomic mass is 10.1. The van der Waals surface area contributed by atoms with Crippen LogP contribution < -0.4 is 4.74 Å². The van der Waals surface area contributed by atoms with Crippen LogP contribution in [0.15, 0.2) is 46.9 Å². The molecule has 0 radical (unpaired) electrons. The van der Waals surface area contributed by atoms with Crippen molar-refractivity contribution in [2.24, 2.45) is 0 Å². The number of fused-ring (bicyclic) bond motifs is 1. The van der Waals surface area contributed by atoms with Crippen molar-refractivity contribution in [3.8, 4) is 5.75 Å². The van der Waals surface area contributed by atoms with Gasteiger partial charge in [-0.3, -0.25) is 14.4 Å². The number of halogens is 1. The highest BCUT2D eigenvalue weighted by molar-refractivity contribution is 9.10. The van der Waals surface area contributed by atoms with Crippen LogP contribution in [0.2, 0.25) is 0 Å². The number of rotatable bonds is 4. The van der Waals surface area contributed by atoms with E-state index in [1.807, 2.05) is 12.1 Å². The molecule has 0 atom stereocenters. The normalized spacial score (nSPS) is 13.5. The minimum atomic E-state index is -0.449. The number of benzene rings is 2. The Balaban J connectivity index is 1.80. The van der Waals surface area contributed by atoms with Gasteiger partial charge in [-0.15, -0.1) is 5.06 Å². The van der Waals surface area contributed by atoms with Crippen molar-refractivity contribution < 1.29 is 19.2 Å². The monoisotopic (exact) mass is 361 g/mol. The number of hydrogen-bond donors (Lipinski definition) is 0. The molecule has 1 aliphatic heterocycles. The van der Waals surface area contributed by atoms with Gasteiger partial charge in [-0.2, -0.15) is 0 Å². The Hall–Kier alpha value is -2.18. The van der Waals surface area contributed by atoms with E-state index in [0.717, 1.165) is 15.1 Å². The lowest BCUT2D eigenvalue weighted by Crippen LogP contribution is -2.29. The van der Waals surface area contributed by atoms with Crippen molar-refractivity contribution in [1.29, 1.82) is 0 Å². The lowest BCUT2D eigenvalue weighted by molar-refractivity contribution is -0.101. The number of carbonyl (C=O) groups is 2. The summed E-state index contributed by atoms with van der Waals surface area (Å²) in [6.07, 6.45) is 0. The fourth-order valence-electron chi connectivity index (χ4n) is 2.28. The zero-order valence-corrected chi connectivity index (χ0v) is 13.3. The third kappa shape index (κ3) is 2.51. The standard InChI is InChI=1S/C16H12BrNO4/c1-21-14-7-6-11(17)8-10(14)9-22-18-15(19)12-4-2-3-5-13(12)16(18)20/h2-8H,9H2,1H3. The van der Waals surface area contributed by atoms with E-state index in [9.17, 15) is 9.59 Å². The number of nitrogens with zero attached hydrogens (tertiary/aromatic N) is 1. The molecule has 0 fully saturated rings. The molecule has 0 aromatic heterocycles. The zero-order valence-electron chi connectivity index (χ0n) is 11.7. The maximum absolute atomic E-state index is 12.2. The van der Waals surface area contributed by atoms with E-state index < -0.39 is 11.8 Å². The fraction of sp³-hybridized carbons (Fsp3) is 0.125. The molecule has 0 saturated carbocycles. The topological polar surface area (TPSA) is 55.8 Å². The molecule has 5 nitrogen and oxygen atoms in total. The number of carbonyl (C=O) groups excluding carboxylic acids is 2. The van der Waals surface area contributed by atoms with E-state index in [0.29, 0.717) is 16.9 Å². The number of hydrogen-bond acceptors (Lipinski definition) is 4. The van der Waals surface area contributed by atoms with Gasteiger partial charge < -0.3 is 4.74 Å². The van der Waals surface area contributed by atoms with Gasteiger partial charge in [0.25, 0.3) is 11.8 Å². The van der Waals surface area contributed by atoms with Gasteiger partial charge in [0.2, 0.25) is 0 Å². The first kappa shape index (κ1) is 14.7. The highest BCUT2D eigenvalue weighted by atomic mass is 79.9. The minimum Gasteiger partial charge on any atom is -0.496 e. The summed E-state index contributed by atoms with van der Waals surface area (Å²) in [4.78, 5) is 29.8. The number of imide groups is 1. The van der Waals surface area contributed by atoms with Gasteiger partial charge in [0.05, 0.1) is 18.2 Å². The van der Waals surface area contributed by atoms with Crippen LogP contribution in [-0.2, 0) is 11.4 Å². The summed E-state index contributed by atoms with van der Waals surface area (Å²) in [5.41, 5.74) is 1.44. The summed E-state index contributed by atoms with van der Waals surface area (Å²) in [6.45, 7) is 0.0497. The van der Waals surface area contributed by atoms with Gasteiger partial charge in [0, 0.05) is 10.0 Å². The van der Waals surface area contributed by atoms with E-state index in [4.69, 9.17) is 9.57 Å². The second kappa shape index (κ2) is 5.90. The Labute approximate surface area is 135 Å². The summed E-state index contributed by atoms with van der Waals surface area (Å²) in [5, 5.41) is 0.797. The summed E-state index contributed by atoms with van der Waals surface area (Å²) in [5.74, 6) is -0.274. The first-order valence-corrected chi connectivity index (χ1v) is 7.34. The van der Waals surface area contributed by atoms with Crippen molar-refractivity contribution in [3.05, 3.63) is 63.6 Å². The molecule has 6 heteroatoms. The lowest BCUT2D eigenvalue weighted by Gasteiger charge is -2.15. The molecular formula is C16H12BrNO4. The Bertz CT molecular complexity index is 725. The molecule has 112 valence electrons. The highest BCUT2D eigenvalue weighted by Gasteiger charge is 2.36. The molecule has 3 rings (SSSR count). The zero-order chi connectivity index (χ0) is 15.7. The number of methoxy groups -OCH3 is 1. The van der Waals surface area contributed by atoms with Crippen LogP contribution >= 0.6 is 15.9 Å². The third-order valence-electron chi connectivity index (χ3n) is 3.35. The van der Waals surface area contributed by atoms with E-state index in [2.05, 4.69) is 15.9 Å². The fourth-order valence-corrected chi connectivity index (χ4v) is 2.69. The minimum absolute atomic E-state index is 0.0497. The first-order chi connectivity index (χ1) is 10.6. The van der Waals surface area contributed by atoms with Crippen LogP contribution in [0.25, 0.3) is 0 Å². The Morgan fingerprint density at radius 2 is 1.68 bits per heavy atom. The summed E-state index contributed by atoms with van der Waals surface area (Å²) >= 11 is 3.37. The van der Waals surface area contributed by atoms with E-state index in [1.165, 1.54) is 0 Å². The second-order valence-corrected chi connectivity index (χ2v) is 5.60. The molecule has 1 heterocycles. The van der Waals surface area contributed by atoms with Crippen LogP contribution in [0.3, 0.4) is 0 Å². The molecule has 0 bridgehead atoms. The molecular weight excluding hydrogens is 350 g/mol. The van der Waals surface area contributed by atoms with Gasteiger partial charge in [0.1, 0.15) is 12.4 Å². The molecule has 0 aliphatic carbocycles. The van der Waals surface area contributed by atoms with Crippen molar-refractivity contribution in [2.75, 3.05) is 7.11 Å². The van der Waals surface area contributed by atoms with Gasteiger partial charge >= 0.3 is 0 Å². The van der Waals surface area contributed by atoms with E-state index in [1.54, 1.807) is 37.4 Å². The average molecular weight is 362 g/mol. The van der Waals surface area contributed by atoms with Gasteiger partial charge in [-0.25, -0.2) is 0 Å². The maximum Gasteiger partial charge on any atom is 0.285 e. The van der Waals surface area contributed by atoms with Crippen molar-refractivity contribution in [3.63, 3.8) is 0 Å². The summed E-state index contributed by atoms with van der Waals surface area (Å²) in [7, 11) is 1.55. The molecule has 0 spiro atoms. The van der Waals surface area contributed by atoms with Gasteiger partial charge in [0.15, 0.2) is 0 Å². The second-order valence-electron chi connectivity index (χ2n) is 4.68. The largest absolute Gasteiger partial charge is 0.496 e. The van der Waals surface area contributed by atoms with Crippen LogP contribution in [0, 0.1) is 0 Å². The van der Waals surface area contributed by atoms with Crippen LogP contribution in [0.5, 0.6) is 5.75 Å². The number of ether oxygens (including phenoxy) is 1. The Kier molecular flexibility index (Phi) is 3.96. The molecule has 0 saturated heterocycles. The Morgan fingerprint density at radius 1 is 1.05 bits per heavy atom. The van der Waals surface area contributed by atoms with Crippen LogP contribution in [0.1, 0.15) is 26.3 Å². The van der Waals surface area contributed by atoms with Gasteiger partial charge in [-0.1, -0.05) is 28.1 Å². The number of hydroxylamine groups is 2. The maximum atomic E-state index is 12.2. The first-order valence-electron chi connectivity index (χ1n) is 6.55. The van der Waals surface area contributed by atoms with Gasteiger partial charge in [-0.05, 0) is 30.3 Å². The predicted octanol–water partition coefficient (Wildman–Crippen LogP) is 3.19. The molecule has 0 N–H and O–H groups in total. The number of amides is 2. The molecule has 2 aromatic rings. The quantitative estimate of drug-likeness (QED) is 0.784. The van der Waals surface area contributed by atoms with Crippen molar-refractivity contribution in [2.45, 2.75) is 6.61 Å². The van der Waals surface area contributed by atoms with Crippen LogP contribution in [0.4, 0.5) is 0 Å². The summed E-state index contributed by atoms with van der Waals surface area (Å²) in [6, 6.07) is 12.1. The Morgan fingerprint density at radius 3 is 2.27 bits per heavy atom. The van der Waals surface area contributed by atoms with E-state index >= 15 is 0 Å². The smallest absolute Gasteiger partial charge is 0.285 e. The van der Waals surface area contributed by atoms with E-state index in [-0.39, 0.29) is 6.61 Å². The molecule has 1 aliphatic rings. The highest BCUT2D eigenvalue weighted by Crippen LogP contribution is 2.27. The average Bonchev–Trinajstić information content (AvgIpc) is 2.77. The molecule has 22 heavy (non-hydrogen) atoms. The SMILES string of the molecule is COc1ccc(Br)cc1CON1C(=O)c2ccccc2C1=O. The van der Waals surface area contributed by atoms with Crippen LogP contribution in [-0.4, -0.2) is 24.0 Å².